The highest BCUT2D eigenvalue weighted by molar-refractivity contribution is 6.30. The van der Waals surface area contributed by atoms with E-state index in [9.17, 15) is 9.59 Å². The lowest BCUT2D eigenvalue weighted by molar-refractivity contribution is 0.0742. The number of nitrogens with zero attached hydrogens (tertiary/aromatic N) is 2. The van der Waals surface area contributed by atoms with Gasteiger partial charge in [-0.3, -0.25) is 14.6 Å². The predicted molar refractivity (Wildman–Crippen MR) is 86.3 cm³/mol. The molecule has 1 unspecified atom stereocenters. The van der Waals surface area contributed by atoms with E-state index in [0.29, 0.717) is 12.0 Å². The number of nitrogens with one attached hydrogen (secondary N) is 1. The zero-order chi connectivity index (χ0) is 16.3. The lowest BCUT2D eigenvalue weighted by Gasteiger charge is -2.25. The number of aromatic amines is 1. The van der Waals surface area contributed by atoms with Crippen LogP contribution in [0.25, 0.3) is 0 Å². The van der Waals surface area contributed by atoms with E-state index in [1.165, 1.54) is 12.3 Å². The van der Waals surface area contributed by atoms with Crippen molar-refractivity contribution in [2.24, 2.45) is 0 Å². The van der Waals surface area contributed by atoms with Gasteiger partial charge in [0.1, 0.15) is 5.02 Å². The van der Waals surface area contributed by atoms with E-state index in [2.05, 4.69) is 9.97 Å². The van der Waals surface area contributed by atoms with Gasteiger partial charge >= 0.3 is 0 Å². The highest BCUT2D eigenvalue weighted by Gasteiger charge is 2.19. The molecule has 2 rings (SSSR count). The Balaban J connectivity index is 2.12. The van der Waals surface area contributed by atoms with Gasteiger partial charge in [-0.2, -0.15) is 0 Å². The number of likely N-dealkylation sites (N-methyl/N-ethyl adjacent to an activating group) is 1. The molecule has 0 aliphatic rings. The molecule has 1 atom stereocenters. The van der Waals surface area contributed by atoms with Crippen LogP contribution in [0.2, 0.25) is 5.02 Å². The van der Waals surface area contributed by atoms with Crippen molar-refractivity contribution in [2.45, 2.75) is 26.3 Å². The van der Waals surface area contributed by atoms with Crippen LogP contribution in [0.5, 0.6) is 0 Å². The maximum absolute atomic E-state index is 12.4. The summed E-state index contributed by atoms with van der Waals surface area (Å²) in [6, 6.07) is 5.29. The molecule has 0 radical (unpaired) electrons. The second-order valence-electron chi connectivity index (χ2n) is 5.36. The van der Waals surface area contributed by atoms with E-state index >= 15 is 0 Å². The first-order chi connectivity index (χ1) is 10.4. The Hall–Kier alpha value is -2.14. The topological polar surface area (TPSA) is 66.1 Å². The van der Waals surface area contributed by atoms with Crippen molar-refractivity contribution in [1.82, 2.24) is 14.9 Å². The van der Waals surface area contributed by atoms with Crippen molar-refractivity contribution in [3.8, 4) is 0 Å². The summed E-state index contributed by atoms with van der Waals surface area (Å²) in [5, 5.41) is 0.00672. The van der Waals surface area contributed by atoms with Crippen LogP contribution in [0.1, 0.15) is 28.5 Å². The first-order valence-corrected chi connectivity index (χ1v) is 7.33. The molecular formula is C16H18ClN3O2. The molecule has 0 saturated carbocycles. The Kier molecular flexibility index (Phi) is 4.98. The highest BCUT2D eigenvalue weighted by atomic mass is 35.5. The van der Waals surface area contributed by atoms with Crippen molar-refractivity contribution in [3.63, 3.8) is 0 Å². The van der Waals surface area contributed by atoms with E-state index in [4.69, 9.17) is 11.6 Å². The number of halogens is 1. The number of aryl methyl sites for hydroxylation is 1. The number of carbonyl (C=O) groups is 1. The van der Waals surface area contributed by atoms with Crippen LogP contribution < -0.4 is 5.56 Å². The molecule has 0 aromatic carbocycles. The number of pyridine rings is 2. The van der Waals surface area contributed by atoms with Gasteiger partial charge in [0.05, 0.1) is 5.56 Å². The van der Waals surface area contributed by atoms with Gasteiger partial charge in [-0.25, -0.2) is 0 Å². The number of rotatable bonds is 4. The Morgan fingerprint density at radius 3 is 2.82 bits per heavy atom. The van der Waals surface area contributed by atoms with Crippen LogP contribution >= 0.6 is 11.6 Å². The molecule has 0 fully saturated rings. The minimum Gasteiger partial charge on any atom is -0.339 e. The van der Waals surface area contributed by atoms with Crippen LogP contribution in [0.4, 0.5) is 0 Å². The minimum absolute atomic E-state index is 0.00672. The Morgan fingerprint density at radius 2 is 2.18 bits per heavy atom. The highest BCUT2D eigenvalue weighted by Crippen LogP contribution is 2.12. The fourth-order valence-electron chi connectivity index (χ4n) is 2.13. The molecule has 1 amide bonds. The standard InChI is InChI=1S/C16H18ClN3O2/c1-10-4-5-18-13(6-10)7-11(2)20(3)16(22)12-8-14(17)15(21)19-9-12/h4-6,8-9,11H,7H2,1-3H3,(H,19,21). The summed E-state index contributed by atoms with van der Waals surface area (Å²) in [6.07, 6.45) is 3.80. The molecule has 0 aliphatic carbocycles. The molecule has 22 heavy (non-hydrogen) atoms. The SMILES string of the molecule is Cc1ccnc(CC(C)N(C)C(=O)c2c[nH]c(=O)c(Cl)c2)c1. The van der Waals surface area contributed by atoms with Gasteiger partial charge in [-0.15, -0.1) is 0 Å². The lowest BCUT2D eigenvalue weighted by atomic mass is 10.1. The molecule has 2 aromatic heterocycles. The molecule has 2 heterocycles. The van der Waals surface area contributed by atoms with Gasteiger partial charge < -0.3 is 9.88 Å². The van der Waals surface area contributed by atoms with Gasteiger partial charge in [-0.05, 0) is 37.6 Å². The Bertz CT molecular complexity index is 742. The predicted octanol–water partition coefficient (Wildman–Crippen LogP) is 2.43. The van der Waals surface area contributed by atoms with E-state index in [-0.39, 0.29) is 17.0 Å². The molecule has 0 aliphatic heterocycles. The second-order valence-corrected chi connectivity index (χ2v) is 5.77. The maximum atomic E-state index is 12.4. The molecule has 0 bridgehead atoms. The van der Waals surface area contributed by atoms with Gasteiger partial charge in [0, 0.05) is 37.6 Å². The molecule has 5 nitrogen and oxygen atoms in total. The molecule has 2 aromatic rings. The summed E-state index contributed by atoms with van der Waals surface area (Å²) in [7, 11) is 1.72. The average molecular weight is 320 g/mol. The number of hydrogen-bond donors (Lipinski definition) is 1. The monoisotopic (exact) mass is 319 g/mol. The maximum Gasteiger partial charge on any atom is 0.266 e. The summed E-state index contributed by atoms with van der Waals surface area (Å²) >= 11 is 5.76. The molecule has 116 valence electrons. The van der Waals surface area contributed by atoms with Crippen LogP contribution in [0.15, 0.2) is 35.4 Å². The van der Waals surface area contributed by atoms with Crippen molar-refractivity contribution in [2.75, 3.05) is 7.05 Å². The van der Waals surface area contributed by atoms with Crippen LogP contribution in [-0.4, -0.2) is 33.9 Å². The fourth-order valence-corrected chi connectivity index (χ4v) is 2.31. The summed E-state index contributed by atoms with van der Waals surface area (Å²) in [6.45, 7) is 3.96. The number of carbonyl (C=O) groups excluding carboxylic acids is 1. The molecule has 6 heteroatoms. The fraction of sp³-hybridized carbons (Fsp3) is 0.312. The van der Waals surface area contributed by atoms with Gasteiger partial charge in [0.15, 0.2) is 0 Å². The zero-order valence-corrected chi connectivity index (χ0v) is 13.5. The third-order valence-electron chi connectivity index (χ3n) is 3.56. The third kappa shape index (κ3) is 3.74. The zero-order valence-electron chi connectivity index (χ0n) is 12.8. The summed E-state index contributed by atoms with van der Waals surface area (Å²) in [5.74, 6) is -0.196. The first kappa shape index (κ1) is 16.2. The molecule has 0 spiro atoms. The average Bonchev–Trinajstić information content (AvgIpc) is 2.48. The van der Waals surface area contributed by atoms with Crippen LogP contribution in [0.3, 0.4) is 0 Å². The molecule has 0 saturated heterocycles. The van der Waals surface area contributed by atoms with E-state index in [1.54, 1.807) is 18.1 Å². The number of aromatic nitrogens is 2. The normalized spacial score (nSPS) is 12.0. The quantitative estimate of drug-likeness (QED) is 0.941. The summed E-state index contributed by atoms with van der Waals surface area (Å²) in [4.78, 5) is 32.1. The minimum atomic E-state index is -0.405. The van der Waals surface area contributed by atoms with Crippen molar-refractivity contribution in [3.05, 3.63) is 62.8 Å². The van der Waals surface area contributed by atoms with Gasteiger partial charge in [0.25, 0.3) is 11.5 Å². The number of H-pyrrole nitrogens is 1. The smallest absolute Gasteiger partial charge is 0.266 e. The van der Waals surface area contributed by atoms with Crippen molar-refractivity contribution in [1.29, 1.82) is 0 Å². The van der Waals surface area contributed by atoms with E-state index in [0.717, 1.165) is 11.3 Å². The van der Waals surface area contributed by atoms with Crippen molar-refractivity contribution >= 4 is 17.5 Å². The first-order valence-electron chi connectivity index (χ1n) is 6.95. The second kappa shape index (κ2) is 6.75. The van der Waals surface area contributed by atoms with Crippen LogP contribution in [0, 0.1) is 6.92 Å². The number of amides is 1. The molecular weight excluding hydrogens is 302 g/mol. The largest absolute Gasteiger partial charge is 0.339 e. The van der Waals surface area contributed by atoms with Gasteiger partial charge in [-0.1, -0.05) is 11.6 Å². The van der Waals surface area contributed by atoms with Crippen molar-refractivity contribution < 1.29 is 4.79 Å². The summed E-state index contributed by atoms with van der Waals surface area (Å²) in [5.41, 5.74) is 2.03. The lowest BCUT2D eigenvalue weighted by Crippen LogP contribution is -2.37. The van der Waals surface area contributed by atoms with E-state index < -0.39 is 5.56 Å². The van der Waals surface area contributed by atoms with Crippen LogP contribution in [-0.2, 0) is 6.42 Å². The summed E-state index contributed by atoms with van der Waals surface area (Å²) < 4.78 is 0. The molecule has 1 N–H and O–H groups in total. The van der Waals surface area contributed by atoms with E-state index in [1.807, 2.05) is 26.0 Å². The van der Waals surface area contributed by atoms with Gasteiger partial charge in [0.2, 0.25) is 0 Å². The Labute approximate surface area is 134 Å². The third-order valence-corrected chi connectivity index (χ3v) is 3.84. The number of hydrogen-bond acceptors (Lipinski definition) is 3. The Morgan fingerprint density at radius 1 is 1.45 bits per heavy atom.